The predicted molar refractivity (Wildman–Crippen MR) is 33.3 cm³/mol. The highest BCUT2D eigenvalue weighted by Gasteiger charge is 2.04. The van der Waals surface area contributed by atoms with Crippen molar-refractivity contribution in [2.75, 3.05) is 6.61 Å². The molecule has 0 aromatic heterocycles. The largest absolute Gasteiger partial charge is 0.480 e. The average Bonchev–Trinajstić information content (AvgIpc) is 1.88. The maximum Gasteiger partial charge on any atom is 0.324 e. The van der Waals surface area contributed by atoms with E-state index < -0.39 is 12.0 Å². The molecule has 5 nitrogen and oxygen atoms in total. The molecule has 0 aromatic rings. The lowest BCUT2D eigenvalue weighted by Crippen LogP contribution is -2.27. The molecule has 5 heteroatoms. The summed E-state index contributed by atoms with van der Waals surface area (Å²) in [6.45, 7) is -0.0546. The van der Waals surface area contributed by atoms with Crippen LogP contribution in [-0.2, 0) is 9.68 Å². The molecule has 0 aromatic carbocycles. The number of carbonyl (C=O) groups is 1. The summed E-state index contributed by atoms with van der Waals surface area (Å²) in [5.41, 5.74) is 5.03. The third-order valence-corrected chi connectivity index (χ3v) is 0.799. The van der Waals surface area contributed by atoms with E-state index >= 15 is 0 Å². The van der Waals surface area contributed by atoms with Crippen molar-refractivity contribution in [2.24, 2.45) is 5.73 Å². The quantitative estimate of drug-likeness (QED) is 0.215. The van der Waals surface area contributed by atoms with Crippen molar-refractivity contribution in [1.82, 2.24) is 0 Å². The molecule has 0 radical (unpaired) electrons. The lowest BCUT2D eigenvalue weighted by atomic mass is 10.3. The van der Waals surface area contributed by atoms with Gasteiger partial charge in [-0.1, -0.05) is 12.2 Å². The monoisotopic (exact) mass is 148 g/mol. The molecule has 0 aliphatic heterocycles. The van der Waals surface area contributed by atoms with Gasteiger partial charge in [-0.3, -0.25) is 10.1 Å². The highest BCUT2D eigenvalue weighted by atomic mass is 17.1. The minimum Gasteiger partial charge on any atom is -0.480 e. The molecule has 4 N–H and O–H groups in total. The number of hydrogen-bond acceptors (Lipinski definition) is 4. The summed E-state index contributed by atoms with van der Waals surface area (Å²) in [5, 5.41) is 16.0. The maximum absolute atomic E-state index is 10.0. The second-order valence-electron chi connectivity index (χ2n) is 1.59. The van der Waals surface area contributed by atoms with Crippen molar-refractivity contribution in [3.63, 3.8) is 0 Å². The Labute approximate surface area is 57.6 Å². The number of nitrogens with two attached hydrogens (primary N) is 1. The van der Waals surface area contributed by atoms with Gasteiger partial charge in [-0.05, 0) is 0 Å². The summed E-state index contributed by atoms with van der Waals surface area (Å²) < 4.78 is 0. The molecule has 0 saturated heterocycles. The fraction of sp³-hybridized carbons (Fsp3) is 0.400. The van der Waals surface area contributed by atoms with E-state index in [1.165, 1.54) is 12.2 Å². The zero-order valence-corrected chi connectivity index (χ0v) is 5.23. The summed E-state index contributed by atoms with van der Waals surface area (Å²) in [7, 11) is 0. The van der Waals surface area contributed by atoms with Crippen molar-refractivity contribution >= 4 is 5.97 Å². The average molecular weight is 148 g/mol. The SMILES string of the molecule is NC(/C=C/[13CH2]OO)C(=O)O. The number of rotatable bonds is 4. The van der Waals surface area contributed by atoms with Crippen molar-refractivity contribution in [3.05, 3.63) is 12.2 Å². The van der Waals surface area contributed by atoms with Gasteiger partial charge in [-0.15, -0.1) is 0 Å². The predicted octanol–water partition coefficient (Wildman–Crippen LogP) is -0.556. The minimum absolute atomic E-state index is 0.0546. The van der Waals surface area contributed by atoms with Gasteiger partial charge < -0.3 is 10.8 Å². The first-order valence-electron chi connectivity index (χ1n) is 2.60. The van der Waals surface area contributed by atoms with Crippen LogP contribution >= 0.6 is 0 Å². The summed E-state index contributed by atoms with van der Waals surface area (Å²) in [4.78, 5) is 13.7. The lowest BCUT2D eigenvalue weighted by molar-refractivity contribution is -0.231. The van der Waals surface area contributed by atoms with Gasteiger partial charge in [0.05, 0.1) is 0 Å². The second-order valence-corrected chi connectivity index (χ2v) is 1.59. The van der Waals surface area contributed by atoms with Crippen LogP contribution in [0.3, 0.4) is 0 Å². The molecule has 1 unspecified atom stereocenters. The topological polar surface area (TPSA) is 92.8 Å². The standard InChI is InChI=1S/C5H9NO4/c6-4(5(7)8)2-1-3-10-9/h1-2,4,9H,3,6H2,(H,7,8)/b2-1+/i3+1. The van der Waals surface area contributed by atoms with Gasteiger partial charge in [-0.25, -0.2) is 4.89 Å². The fourth-order valence-electron chi connectivity index (χ4n) is 0.328. The number of aliphatic carboxylic acids is 1. The van der Waals surface area contributed by atoms with Crippen LogP contribution in [0.25, 0.3) is 0 Å². The Balaban J connectivity index is 3.55. The van der Waals surface area contributed by atoms with E-state index in [2.05, 4.69) is 4.89 Å². The third-order valence-electron chi connectivity index (χ3n) is 0.799. The molecule has 0 spiro atoms. The van der Waals surface area contributed by atoms with Crippen molar-refractivity contribution in [3.8, 4) is 0 Å². The molecule has 0 aliphatic rings. The van der Waals surface area contributed by atoms with Crippen LogP contribution in [0.5, 0.6) is 0 Å². The van der Waals surface area contributed by atoms with Gasteiger partial charge in [0.25, 0.3) is 0 Å². The Morgan fingerprint density at radius 3 is 2.80 bits per heavy atom. The molecular weight excluding hydrogens is 139 g/mol. The summed E-state index contributed by atoms with van der Waals surface area (Å²) >= 11 is 0. The number of carboxylic acids is 1. The van der Waals surface area contributed by atoms with E-state index in [0.29, 0.717) is 0 Å². The van der Waals surface area contributed by atoms with Crippen molar-refractivity contribution in [2.45, 2.75) is 6.04 Å². The van der Waals surface area contributed by atoms with Gasteiger partial charge in [0.2, 0.25) is 0 Å². The normalized spacial score (nSPS) is 13.8. The van der Waals surface area contributed by atoms with Gasteiger partial charge in [-0.2, -0.15) is 0 Å². The molecule has 0 heterocycles. The van der Waals surface area contributed by atoms with Crippen molar-refractivity contribution in [1.29, 1.82) is 0 Å². The second kappa shape index (κ2) is 4.92. The smallest absolute Gasteiger partial charge is 0.324 e. The molecule has 0 saturated carbocycles. The first-order chi connectivity index (χ1) is 4.68. The van der Waals surface area contributed by atoms with Crippen LogP contribution in [0.1, 0.15) is 0 Å². The number of hydrogen-bond donors (Lipinski definition) is 3. The van der Waals surface area contributed by atoms with E-state index in [9.17, 15) is 4.79 Å². The first-order valence-corrected chi connectivity index (χ1v) is 2.60. The molecule has 0 rings (SSSR count). The molecule has 0 amide bonds. The zero-order chi connectivity index (χ0) is 7.98. The zero-order valence-electron chi connectivity index (χ0n) is 5.23. The summed E-state index contributed by atoms with van der Waals surface area (Å²) in [6, 6.07) is -1.03. The van der Waals surface area contributed by atoms with E-state index in [4.69, 9.17) is 16.1 Å². The highest BCUT2D eigenvalue weighted by Crippen LogP contribution is 1.81. The molecule has 0 bridgehead atoms. The molecular formula is C5H9NO4. The van der Waals surface area contributed by atoms with E-state index in [1.54, 1.807) is 0 Å². The third kappa shape index (κ3) is 4.02. The van der Waals surface area contributed by atoms with Gasteiger partial charge >= 0.3 is 5.97 Å². The highest BCUT2D eigenvalue weighted by molar-refractivity contribution is 5.75. The van der Waals surface area contributed by atoms with E-state index in [1.807, 2.05) is 0 Å². The molecule has 1 atom stereocenters. The lowest BCUT2D eigenvalue weighted by Gasteiger charge is -1.95. The first kappa shape index (κ1) is 9.09. The van der Waals surface area contributed by atoms with Crippen LogP contribution in [-0.4, -0.2) is 29.0 Å². The van der Waals surface area contributed by atoms with Crippen LogP contribution in [0, 0.1) is 0 Å². The number of carboxylic acid groups (broad SMARTS) is 1. The summed E-state index contributed by atoms with van der Waals surface area (Å²) in [5.74, 6) is -1.12. The Morgan fingerprint density at radius 2 is 2.40 bits per heavy atom. The molecule has 0 fully saturated rings. The Kier molecular flexibility index (Phi) is 4.47. The van der Waals surface area contributed by atoms with Crippen LogP contribution in [0.15, 0.2) is 12.2 Å². The Morgan fingerprint density at radius 1 is 1.80 bits per heavy atom. The van der Waals surface area contributed by atoms with Gasteiger partial charge in [0.15, 0.2) is 0 Å². The Hall–Kier alpha value is -0.910. The van der Waals surface area contributed by atoms with Crippen LogP contribution in [0.4, 0.5) is 0 Å². The Bertz CT molecular complexity index is 134. The fourth-order valence-corrected chi connectivity index (χ4v) is 0.328. The minimum atomic E-state index is -1.12. The van der Waals surface area contributed by atoms with Crippen LogP contribution in [0.2, 0.25) is 0 Å². The molecule has 0 aliphatic carbocycles. The van der Waals surface area contributed by atoms with E-state index in [0.717, 1.165) is 0 Å². The van der Waals surface area contributed by atoms with E-state index in [-0.39, 0.29) is 6.61 Å². The summed E-state index contributed by atoms with van der Waals surface area (Å²) in [6.07, 6.45) is 2.54. The van der Waals surface area contributed by atoms with Gasteiger partial charge in [0.1, 0.15) is 12.6 Å². The molecule has 10 heavy (non-hydrogen) atoms. The van der Waals surface area contributed by atoms with Crippen LogP contribution < -0.4 is 5.73 Å². The van der Waals surface area contributed by atoms with Crippen molar-refractivity contribution < 1.29 is 20.0 Å². The molecule has 58 valence electrons. The van der Waals surface area contributed by atoms with Gasteiger partial charge in [0, 0.05) is 0 Å². The maximum atomic E-state index is 10.0.